The minimum absolute atomic E-state index is 0.194. The smallest absolute Gasteiger partial charge is 0.236 e. The molecule has 1 atom stereocenters. The van der Waals surface area contributed by atoms with E-state index in [2.05, 4.69) is 19.8 Å². The monoisotopic (exact) mass is 319 g/mol. The molecule has 0 N–H and O–H groups in total. The number of aromatic nitrogens is 2. The lowest BCUT2D eigenvalue weighted by Crippen LogP contribution is -2.52. The number of nitrogens with zero attached hydrogens (tertiary/aromatic N) is 5. The second kappa shape index (κ2) is 7.70. The molecule has 7 nitrogen and oxygen atoms in total. The molecule has 2 saturated heterocycles. The van der Waals surface area contributed by atoms with Gasteiger partial charge in [0.1, 0.15) is 0 Å². The van der Waals surface area contributed by atoms with Crippen LogP contribution in [0.4, 0.5) is 5.95 Å². The van der Waals surface area contributed by atoms with Crippen molar-refractivity contribution >= 4 is 11.9 Å². The first-order chi connectivity index (χ1) is 11.3. The minimum Gasteiger partial charge on any atom is -0.380 e. The van der Waals surface area contributed by atoms with Gasteiger partial charge in [-0.1, -0.05) is 0 Å². The fraction of sp³-hybridized carbons (Fsp3) is 0.688. The van der Waals surface area contributed by atoms with Crippen LogP contribution in [0.3, 0.4) is 0 Å². The van der Waals surface area contributed by atoms with Crippen molar-refractivity contribution in [2.24, 2.45) is 0 Å². The van der Waals surface area contributed by atoms with Crippen LogP contribution in [0.2, 0.25) is 0 Å². The number of piperazine rings is 1. The Hall–Kier alpha value is -1.73. The molecule has 2 aliphatic rings. The van der Waals surface area contributed by atoms with E-state index in [9.17, 15) is 4.79 Å². The molecule has 1 unspecified atom stereocenters. The van der Waals surface area contributed by atoms with Crippen molar-refractivity contribution in [1.82, 2.24) is 19.8 Å². The molecule has 2 fully saturated rings. The molecule has 1 aromatic heterocycles. The third kappa shape index (κ3) is 4.17. The number of hydrogen-bond donors (Lipinski definition) is 0. The number of hydrogen-bond acceptors (Lipinski definition) is 6. The number of likely N-dealkylation sites (tertiary alicyclic amines) is 1. The third-order valence-corrected chi connectivity index (χ3v) is 4.63. The van der Waals surface area contributed by atoms with Gasteiger partial charge in [0.25, 0.3) is 0 Å². The average Bonchev–Trinajstić information content (AvgIpc) is 2.63. The molecular formula is C16H25N5O2. The highest BCUT2D eigenvalue weighted by Crippen LogP contribution is 2.14. The Kier molecular flexibility index (Phi) is 5.40. The Bertz CT molecular complexity index is 504. The van der Waals surface area contributed by atoms with Gasteiger partial charge in [-0.2, -0.15) is 0 Å². The lowest BCUT2D eigenvalue weighted by Gasteiger charge is -2.37. The van der Waals surface area contributed by atoms with E-state index in [0.717, 1.165) is 58.1 Å². The van der Waals surface area contributed by atoms with E-state index in [1.165, 1.54) is 0 Å². The van der Waals surface area contributed by atoms with Crippen molar-refractivity contribution < 1.29 is 9.53 Å². The zero-order chi connectivity index (χ0) is 16.1. The van der Waals surface area contributed by atoms with E-state index >= 15 is 0 Å². The van der Waals surface area contributed by atoms with Crippen LogP contribution in [-0.2, 0) is 9.53 Å². The molecule has 2 aliphatic heterocycles. The zero-order valence-electron chi connectivity index (χ0n) is 13.7. The lowest BCUT2D eigenvalue weighted by atomic mass is 10.1. The predicted octanol–water partition coefficient (Wildman–Crippen LogP) is 0.236. The molecule has 0 aliphatic carbocycles. The quantitative estimate of drug-likeness (QED) is 0.792. The Morgan fingerprint density at radius 1 is 1.22 bits per heavy atom. The van der Waals surface area contributed by atoms with Crippen molar-refractivity contribution in [1.29, 1.82) is 0 Å². The molecule has 7 heteroatoms. The fourth-order valence-electron chi connectivity index (χ4n) is 3.21. The van der Waals surface area contributed by atoms with Crippen LogP contribution >= 0.6 is 0 Å². The number of rotatable bonds is 4. The van der Waals surface area contributed by atoms with Crippen LogP contribution in [0.1, 0.15) is 12.8 Å². The molecule has 3 heterocycles. The van der Waals surface area contributed by atoms with Gasteiger partial charge in [0.2, 0.25) is 11.9 Å². The van der Waals surface area contributed by atoms with E-state index in [0.29, 0.717) is 6.54 Å². The van der Waals surface area contributed by atoms with E-state index < -0.39 is 0 Å². The highest BCUT2D eigenvalue weighted by molar-refractivity contribution is 5.78. The summed E-state index contributed by atoms with van der Waals surface area (Å²) in [4.78, 5) is 27.4. The zero-order valence-corrected chi connectivity index (χ0v) is 13.7. The molecule has 0 bridgehead atoms. The molecule has 1 amide bonds. The number of ether oxygens (including phenoxy) is 1. The second-order valence-corrected chi connectivity index (χ2v) is 6.15. The molecule has 23 heavy (non-hydrogen) atoms. The molecule has 1 aromatic rings. The molecule has 0 spiro atoms. The summed E-state index contributed by atoms with van der Waals surface area (Å²) in [6.07, 6.45) is 5.81. The molecule has 126 valence electrons. The van der Waals surface area contributed by atoms with Gasteiger partial charge in [0.05, 0.1) is 12.6 Å². The number of carbonyl (C=O) groups excluding carboxylic acids is 1. The van der Waals surface area contributed by atoms with Gasteiger partial charge in [-0.05, 0) is 18.9 Å². The first kappa shape index (κ1) is 16.1. The summed E-state index contributed by atoms with van der Waals surface area (Å²) in [5.74, 6) is 0.994. The van der Waals surface area contributed by atoms with Crippen molar-refractivity contribution in [3.8, 4) is 0 Å². The van der Waals surface area contributed by atoms with Gasteiger partial charge in [0, 0.05) is 58.8 Å². The molecular weight excluding hydrogens is 294 g/mol. The SMILES string of the molecule is COC1CCCN(C(=O)CN2CCN(c3ncccn3)CC2)C1. The Morgan fingerprint density at radius 2 is 1.96 bits per heavy atom. The first-order valence-corrected chi connectivity index (χ1v) is 8.31. The fourth-order valence-corrected chi connectivity index (χ4v) is 3.21. The van der Waals surface area contributed by atoms with Gasteiger partial charge in [-0.15, -0.1) is 0 Å². The molecule has 3 rings (SSSR count). The largest absolute Gasteiger partial charge is 0.380 e. The maximum atomic E-state index is 12.5. The van der Waals surface area contributed by atoms with Gasteiger partial charge < -0.3 is 14.5 Å². The normalized spacial score (nSPS) is 23.1. The number of carbonyl (C=O) groups is 1. The van der Waals surface area contributed by atoms with Crippen molar-refractivity contribution in [3.05, 3.63) is 18.5 Å². The van der Waals surface area contributed by atoms with E-state index in [4.69, 9.17) is 4.74 Å². The highest BCUT2D eigenvalue weighted by atomic mass is 16.5. The maximum absolute atomic E-state index is 12.5. The third-order valence-electron chi connectivity index (χ3n) is 4.63. The van der Waals surface area contributed by atoms with Crippen molar-refractivity contribution in [2.45, 2.75) is 18.9 Å². The Balaban J connectivity index is 1.46. The summed E-state index contributed by atoms with van der Waals surface area (Å²) >= 11 is 0. The molecule has 0 aromatic carbocycles. The van der Waals surface area contributed by atoms with Gasteiger partial charge >= 0.3 is 0 Å². The average molecular weight is 319 g/mol. The topological polar surface area (TPSA) is 61.8 Å². The van der Waals surface area contributed by atoms with E-state index in [-0.39, 0.29) is 12.0 Å². The summed E-state index contributed by atoms with van der Waals surface area (Å²) in [7, 11) is 1.73. The highest BCUT2D eigenvalue weighted by Gasteiger charge is 2.26. The van der Waals surface area contributed by atoms with Crippen molar-refractivity contribution in [2.75, 3.05) is 57.8 Å². The molecule has 0 saturated carbocycles. The number of piperidine rings is 1. The van der Waals surface area contributed by atoms with E-state index in [1.54, 1.807) is 19.5 Å². The Labute approximate surface area is 137 Å². The van der Waals surface area contributed by atoms with E-state index in [1.807, 2.05) is 11.0 Å². The maximum Gasteiger partial charge on any atom is 0.236 e. The lowest BCUT2D eigenvalue weighted by molar-refractivity contribution is -0.136. The van der Waals surface area contributed by atoms with Crippen molar-refractivity contribution in [3.63, 3.8) is 0 Å². The standard InChI is InChI=1S/C16H25N5O2/c1-23-14-4-2-7-21(12-14)15(22)13-19-8-10-20(11-9-19)16-17-5-3-6-18-16/h3,5-6,14H,2,4,7-13H2,1H3. The van der Waals surface area contributed by atoms with Gasteiger partial charge in [0.15, 0.2) is 0 Å². The van der Waals surface area contributed by atoms with Crippen LogP contribution in [-0.4, -0.2) is 84.7 Å². The summed E-state index contributed by atoms with van der Waals surface area (Å²) in [5, 5.41) is 0. The predicted molar refractivity (Wildman–Crippen MR) is 87.3 cm³/mol. The number of methoxy groups -OCH3 is 1. The van der Waals surface area contributed by atoms with Gasteiger partial charge in [-0.25, -0.2) is 9.97 Å². The summed E-state index contributed by atoms with van der Waals surface area (Å²) in [6, 6.07) is 1.82. The summed E-state index contributed by atoms with van der Waals surface area (Å²) in [6.45, 7) is 5.54. The number of anilines is 1. The summed E-state index contributed by atoms with van der Waals surface area (Å²) in [5.41, 5.74) is 0. The Morgan fingerprint density at radius 3 is 2.65 bits per heavy atom. The van der Waals surface area contributed by atoms with Crippen LogP contribution in [0, 0.1) is 0 Å². The number of amides is 1. The van der Waals surface area contributed by atoms with Crippen LogP contribution < -0.4 is 4.90 Å². The van der Waals surface area contributed by atoms with Crippen LogP contribution in [0.15, 0.2) is 18.5 Å². The van der Waals surface area contributed by atoms with Crippen LogP contribution in [0.5, 0.6) is 0 Å². The molecule has 0 radical (unpaired) electrons. The first-order valence-electron chi connectivity index (χ1n) is 8.31. The van der Waals surface area contributed by atoms with Crippen LogP contribution in [0.25, 0.3) is 0 Å². The van der Waals surface area contributed by atoms with Gasteiger partial charge in [-0.3, -0.25) is 9.69 Å². The second-order valence-electron chi connectivity index (χ2n) is 6.15. The summed E-state index contributed by atoms with van der Waals surface area (Å²) < 4.78 is 5.40. The minimum atomic E-state index is 0.194.